The quantitative estimate of drug-likeness (QED) is 0.380. The molecule has 1 aromatic heterocycles. The highest BCUT2D eigenvalue weighted by molar-refractivity contribution is 5.67. The lowest BCUT2D eigenvalue weighted by Crippen LogP contribution is -2.44. The summed E-state index contributed by atoms with van der Waals surface area (Å²) in [6.07, 6.45) is 11.0. The van der Waals surface area contributed by atoms with E-state index < -0.39 is 5.82 Å². The van der Waals surface area contributed by atoms with Crippen molar-refractivity contribution in [2.24, 2.45) is 11.7 Å². The zero-order valence-corrected chi connectivity index (χ0v) is 23.5. The van der Waals surface area contributed by atoms with Gasteiger partial charge in [0.2, 0.25) is 0 Å². The number of aromatic nitrogens is 2. The Hall–Kier alpha value is -3.41. The Morgan fingerprint density at radius 2 is 1.73 bits per heavy atom. The van der Waals surface area contributed by atoms with Gasteiger partial charge in [-0.2, -0.15) is 5.26 Å². The molecular formula is C32H41FN6O. The molecule has 3 aliphatic rings. The molecule has 2 saturated heterocycles. The molecule has 3 heterocycles. The normalized spacial score (nSPS) is 18.7. The number of nitrogens with two attached hydrogens (primary N) is 1. The lowest BCUT2D eigenvalue weighted by molar-refractivity contribution is -0.0146. The van der Waals surface area contributed by atoms with E-state index in [2.05, 4.69) is 40.2 Å². The van der Waals surface area contributed by atoms with Gasteiger partial charge in [-0.1, -0.05) is 25.3 Å². The van der Waals surface area contributed by atoms with Gasteiger partial charge >= 0.3 is 0 Å². The van der Waals surface area contributed by atoms with Crippen molar-refractivity contribution in [3.63, 3.8) is 0 Å². The summed E-state index contributed by atoms with van der Waals surface area (Å²) in [6.45, 7) is 3.82. The highest BCUT2D eigenvalue weighted by atomic mass is 19.1. The number of nitrogens with one attached hydrogen (secondary N) is 1. The largest absolute Gasteiger partial charge is 0.375 e. The van der Waals surface area contributed by atoms with E-state index in [1.165, 1.54) is 69.8 Å². The van der Waals surface area contributed by atoms with E-state index in [9.17, 15) is 9.65 Å². The number of benzene rings is 2. The molecule has 1 saturated carbocycles. The molecule has 212 valence electrons. The predicted molar refractivity (Wildman–Crippen MR) is 158 cm³/mol. The lowest BCUT2D eigenvalue weighted by Gasteiger charge is -2.39. The summed E-state index contributed by atoms with van der Waals surface area (Å²) in [5.41, 5.74) is 8.28. The molecule has 0 unspecified atom stereocenters. The number of piperidine rings is 1. The average molecular weight is 545 g/mol. The number of hydrogen-bond acceptors (Lipinski definition) is 6. The van der Waals surface area contributed by atoms with Crippen molar-refractivity contribution in [1.82, 2.24) is 9.78 Å². The number of hydrogen-bond donors (Lipinski definition) is 2. The Bertz CT molecular complexity index is 1290. The van der Waals surface area contributed by atoms with Crippen molar-refractivity contribution >= 4 is 11.5 Å². The van der Waals surface area contributed by atoms with Gasteiger partial charge in [0.1, 0.15) is 17.7 Å². The van der Waals surface area contributed by atoms with Crippen LogP contribution in [0.2, 0.25) is 0 Å². The Morgan fingerprint density at radius 3 is 2.38 bits per heavy atom. The summed E-state index contributed by atoms with van der Waals surface area (Å²) in [7, 11) is 1.50. The van der Waals surface area contributed by atoms with Crippen LogP contribution >= 0.6 is 0 Å². The second-order valence-corrected chi connectivity index (χ2v) is 11.2. The van der Waals surface area contributed by atoms with Crippen LogP contribution in [0.3, 0.4) is 0 Å². The van der Waals surface area contributed by atoms with Crippen LogP contribution in [0.15, 0.2) is 48.5 Å². The van der Waals surface area contributed by atoms with Gasteiger partial charge in [0.05, 0.1) is 22.5 Å². The number of nitrogens with zero attached hydrogens (tertiary/aromatic N) is 4. The Balaban J connectivity index is 0.00000158. The van der Waals surface area contributed by atoms with Crippen LogP contribution in [0.25, 0.3) is 16.9 Å². The number of ether oxygens (including phenoxy) is 1. The van der Waals surface area contributed by atoms with Crippen molar-refractivity contribution in [1.29, 1.82) is 5.26 Å². The Kier molecular flexibility index (Phi) is 9.03. The fourth-order valence-electron chi connectivity index (χ4n) is 6.40. The fraction of sp³-hybridized carbons (Fsp3) is 0.500. The van der Waals surface area contributed by atoms with Crippen molar-refractivity contribution < 1.29 is 9.13 Å². The van der Waals surface area contributed by atoms with Gasteiger partial charge in [-0.05, 0) is 87.9 Å². The van der Waals surface area contributed by atoms with Gasteiger partial charge in [0, 0.05) is 43.6 Å². The molecule has 6 rings (SSSR count). The highest BCUT2D eigenvalue weighted by Crippen LogP contribution is 2.37. The van der Waals surface area contributed by atoms with Gasteiger partial charge < -0.3 is 20.7 Å². The molecule has 2 aromatic carbocycles. The lowest BCUT2D eigenvalue weighted by atomic mass is 9.88. The van der Waals surface area contributed by atoms with E-state index in [0.29, 0.717) is 11.5 Å². The zero-order chi connectivity index (χ0) is 28.0. The molecule has 8 heteroatoms. The van der Waals surface area contributed by atoms with Gasteiger partial charge in [0.15, 0.2) is 0 Å². The average Bonchev–Trinajstić information content (AvgIpc) is 3.66. The number of anilines is 2. The van der Waals surface area contributed by atoms with Crippen molar-refractivity contribution in [3.05, 3.63) is 59.9 Å². The summed E-state index contributed by atoms with van der Waals surface area (Å²) < 4.78 is 22.5. The number of rotatable bonds is 6. The topological polar surface area (TPSA) is 92.1 Å². The van der Waals surface area contributed by atoms with E-state index in [1.807, 2.05) is 16.8 Å². The molecule has 7 nitrogen and oxygen atoms in total. The first-order chi connectivity index (χ1) is 19.6. The highest BCUT2D eigenvalue weighted by Gasteiger charge is 2.38. The molecular weight excluding hydrogens is 503 g/mol. The van der Waals surface area contributed by atoms with E-state index in [-0.39, 0.29) is 11.2 Å². The minimum atomic E-state index is -0.515. The molecule has 0 radical (unpaired) electrons. The van der Waals surface area contributed by atoms with E-state index in [0.717, 1.165) is 56.3 Å². The first-order valence-electron chi connectivity index (χ1n) is 14.7. The molecule has 3 fully saturated rings. The van der Waals surface area contributed by atoms with Gasteiger partial charge in [-0.25, -0.2) is 9.07 Å². The Labute approximate surface area is 237 Å². The minimum Gasteiger partial charge on any atom is -0.375 e. The first kappa shape index (κ1) is 28.1. The molecule has 0 amide bonds. The maximum absolute atomic E-state index is 14.6. The minimum absolute atomic E-state index is 0.0473. The third-order valence-corrected chi connectivity index (χ3v) is 8.71. The van der Waals surface area contributed by atoms with E-state index in [4.69, 9.17) is 9.84 Å². The summed E-state index contributed by atoms with van der Waals surface area (Å²) in [5, 5.41) is 17.6. The SMILES string of the molecule is CN.N#Cc1ccc(-c2cc(NCC3CCCCC3)nn2-c2ccc(N3CCC4(CCCO4)CC3)cc2)cc1F. The van der Waals surface area contributed by atoms with Crippen molar-refractivity contribution in [3.8, 4) is 23.0 Å². The number of nitriles is 1. The standard InChI is InChI=1S/C31H36FN5O.CH5N/c32-28-19-24(7-8-25(28)21-33)29-20-30(34-22-23-5-2-1-3-6-23)35-37(29)27-11-9-26(10-12-27)36-16-14-31(15-17-36)13-4-18-38-31;1-2/h7-12,19-20,23H,1-6,13-18,22H2,(H,34,35);2H2,1H3. The Morgan fingerprint density at radius 1 is 1.00 bits per heavy atom. The summed E-state index contributed by atoms with van der Waals surface area (Å²) >= 11 is 0. The monoisotopic (exact) mass is 544 g/mol. The van der Waals surface area contributed by atoms with E-state index >= 15 is 0 Å². The molecule has 0 bridgehead atoms. The molecule has 40 heavy (non-hydrogen) atoms. The van der Waals surface area contributed by atoms with Crippen LogP contribution in [0.1, 0.15) is 63.4 Å². The van der Waals surface area contributed by atoms with Crippen LogP contribution in [-0.2, 0) is 4.74 Å². The molecule has 1 spiro atoms. The second kappa shape index (κ2) is 12.8. The number of halogens is 1. The van der Waals surface area contributed by atoms with Gasteiger partial charge in [-0.15, -0.1) is 5.10 Å². The maximum Gasteiger partial charge on any atom is 0.149 e. The van der Waals surface area contributed by atoms with Crippen molar-refractivity contribution in [2.45, 2.75) is 63.4 Å². The van der Waals surface area contributed by atoms with Crippen LogP contribution in [0.4, 0.5) is 15.9 Å². The van der Waals surface area contributed by atoms with Crippen LogP contribution < -0.4 is 16.0 Å². The molecule has 0 atom stereocenters. The van der Waals surface area contributed by atoms with Gasteiger partial charge in [0.25, 0.3) is 0 Å². The summed E-state index contributed by atoms with van der Waals surface area (Å²) in [6, 6.07) is 17.2. The summed E-state index contributed by atoms with van der Waals surface area (Å²) in [5.74, 6) is 0.943. The molecule has 3 aromatic rings. The second-order valence-electron chi connectivity index (χ2n) is 11.2. The summed E-state index contributed by atoms with van der Waals surface area (Å²) in [4.78, 5) is 2.44. The third-order valence-electron chi connectivity index (χ3n) is 8.71. The third kappa shape index (κ3) is 6.16. The molecule has 1 aliphatic carbocycles. The fourth-order valence-corrected chi connectivity index (χ4v) is 6.40. The molecule has 2 aliphatic heterocycles. The van der Waals surface area contributed by atoms with Crippen LogP contribution in [0, 0.1) is 23.1 Å². The van der Waals surface area contributed by atoms with Crippen LogP contribution in [0.5, 0.6) is 0 Å². The predicted octanol–water partition coefficient (Wildman–Crippen LogP) is 6.27. The van der Waals surface area contributed by atoms with Crippen LogP contribution in [-0.4, -0.2) is 48.7 Å². The smallest absolute Gasteiger partial charge is 0.149 e. The maximum atomic E-state index is 14.6. The first-order valence-corrected chi connectivity index (χ1v) is 14.7. The van der Waals surface area contributed by atoms with Gasteiger partial charge in [-0.3, -0.25) is 0 Å². The van der Waals surface area contributed by atoms with E-state index in [1.54, 1.807) is 6.07 Å². The molecule has 3 N–H and O–H groups in total. The zero-order valence-electron chi connectivity index (χ0n) is 23.5. The van der Waals surface area contributed by atoms with Crippen molar-refractivity contribution in [2.75, 3.05) is 43.5 Å².